The summed E-state index contributed by atoms with van der Waals surface area (Å²) in [6, 6.07) is 0. The van der Waals surface area contributed by atoms with Crippen LogP contribution < -0.4 is 29.6 Å². The molecule has 0 aliphatic heterocycles. The Bertz CT molecular complexity index is 324. The van der Waals surface area contributed by atoms with E-state index in [1.165, 1.54) is 0 Å². The third-order valence-corrected chi connectivity index (χ3v) is 1.95. The van der Waals surface area contributed by atoms with Gasteiger partial charge in [0.25, 0.3) is 0 Å². The van der Waals surface area contributed by atoms with Gasteiger partial charge in [0.05, 0.1) is 0 Å². The van der Waals surface area contributed by atoms with Gasteiger partial charge >= 0.3 is 57.0 Å². The van der Waals surface area contributed by atoms with E-state index >= 15 is 0 Å². The molecule has 0 spiro atoms. The van der Waals surface area contributed by atoms with E-state index in [4.69, 9.17) is 4.55 Å². The molecule has 0 aliphatic rings. The van der Waals surface area contributed by atoms with Crippen molar-refractivity contribution in [2.24, 2.45) is 0 Å². The van der Waals surface area contributed by atoms with Gasteiger partial charge < -0.3 is 1.43 Å². The standard InChI is InChI=1S/C3HF7O3S.Na.H/c4-1(5,2(6,7)8)3(9,10)14(11,12)13;;/h(H,11,12,13);;/q;+1;-1. The van der Waals surface area contributed by atoms with Crippen LogP contribution in [0.15, 0.2) is 0 Å². The van der Waals surface area contributed by atoms with Crippen molar-refractivity contribution in [2.45, 2.75) is 17.4 Å². The molecule has 0 amide bonds. The maximum atomic E-state index is 11.9. The van der Waals surface area contributed by atoms with Gasteiger partial charge in [-0.25, -0.2) is 0 Å². The van der Waals surface area contributed by atoms with Gasteiger partial charge in [0.15, 0.2) is 0 Å². The van der Waals surface area contributed by atoms with Gasteiger partial charge in [-0.3, -0.25) is 4.55 Å². The molecule has 0 rings (SSSR count). The molecule has 0 radical (unpaired) electrons. The Morgan fingerprint density at radius 3 is 1.27 bits per heavy atom. The fourth-order valence-electron chi connectivity index (χ4n) is 0.327. The first-order valence-corrected chi connectivity index (χ1v) is 3.98. The minimum atomic E-state index is -6.85. The van der Waals surface area contributed by atoms with Crippen LogP contribution in [0.1, 0.15) is 1.43 Å². The minimum absolute atomic E-state index is 0. The molecule has 0 saturated carbocycles. The van der Waals surface area contributed by atoms with Crippen molar-refractivity contribution < 1.29 is 74.7 Å². The van der Waals surface area contributed by atoms with Crippen molar-refractivity contribution in [3.63, 3.8) is 0 Å². The number of rotatable bonds is 2. The van der Waals surface area contributed by atoms with Crippen LogP contribution in [0.5, 0.6) is 0 Å². The van der Waals surface area contributed by atoms with Crippen molar-refractivity contribution >= 4 is 10.1 Å². The summed E-state index contributed by atoms with van der Waals surface area (Å²) in [6.45, 7) is 0. The predicted octanol–water partition coefficient (Wildman–Crippen LogP) is -1.22. The van der Waals surface area contributed by atoms with Gasteiger partial charge in [-0.1, -0.05) is 0 Å². The third-order valence-electron chi connectivity index (χ3n) is 1.05. The Kier molecular flexibility index (Phi) is 5.17. The minimum Gasteiger partial charge on any atom is -1.00 e. The molecule has 0 bridgehead atoms. The Morgan fingerprint density at radius 1 is 0.933 bits per heavy atom. The molecule has 3 nitrogen and oxygen atoms in total. The van der Waals surface area contributed by atoms with Crippen LogP contribution in [0.25, 0.3) is 0 Å². The van der Waals surface area contributed by atoms with Crippen LogP contribution in [-0.4, -0.2) is 30.3 Å². The maximum absolute atomic E-state index is 11.9. The second-order valence-corrected chi connectivity index (χ2v) is 3.53. The summed E-state index contributed by atoms with van der Waals surface area (Å²) < 4.78 is 108. The fraction of sp³-hybridized carbons (Fsp3) is 1.00. The van der Waals surface area contributed by atoms with E-state index in [-0.39, 0.29) is 31.0 Å². The zero-order chi connectivity index (χ0) is 12.0. The Hall–Kier alpha value is 0.420. The van der Waals surface area contributed by atoms with E-state index < -0.39 is 27.5 Å². The average molecular weight is 274 g/mol. The van der Waals surface area contributed by atoms with Crippen LogP contribution in [0, 0.1) is 0 Å². The van der Waals surface area contributed by atoms with Gasteiger partial charge in [-0.2, -0.15) is 39.2 Å². The number of hydrogen-bond acceptors (Lipinski definition) is 2. The van der Waals surface area contributed by atoms with Crippen molar-refractivity contribution in [2.75, 3.05) is 0 Å². The van der Waals surface area contributed by atoms with Gasteiger partial charge in [-0.05, 0) is 0 Å². The molecule has 0 aromatic carbocycles. The quantitative estimate of drug-likeness (QED) is 0.390. The summed E-state index contributed by atoms with van der Waals surface area (Å²) in [5.41, 5.74) is 0. The van der Waals surface area contributed by atoms with Crippen LogP contribution in [0.3, 0.4) is 0 Å². The van der Waals surface area contributed by atoms with Crippen molar-refractivity contribution in [1.82, 2.24) is 0 Å². The molecule has 0 aromatic rings. The normalized spacial score (nSPS) is 14.7. The Morgan fingerprint density at radius 2 is 1.20 bits per heavy atom. The molecule has 0 fully saturated rings. The second kappa shape index (κ2) is 4.35. The van der Waals surface area contributed by atoms with E-state index in [0.717, 1.165) is 0 Å². The zero-order valence-corrected chi connectivity index (χ0v) is 9.63. The molecule has 88 valence electrons. The molecule has 0 aliphatic carbocycles. The largest absolute Gasteiger partial charge is 1.00 e. The zero-order valence-electron chi connectivity index (χ0n) is 7.82. The number of hydrogen-bond donors (Lipinski definition) is 1. The Labute approximate surface area is 102 Å². The summed E-state index contributed by atoms with van der Waals surface area (Å²) in [6.07, 6.45) is -6.79. The van der Waals surface area contributed by atoms with E-state index in [1.54, 1.807) is 0 Å². The molecule has 0 saturated heterocycles. The van der Waals surface area contributed by atoms with Gasteiger partial charge in [-0.15, -0.1) is 0 Å². The van der Waals surface area contributed by atoms with Crippen LogP contribution in [0.2, 0.25) is 0 Å². The van der Waals surface area contributed by atoms with Crippen molar-refractivity contribution in [1.29, 1.82) is 0 Å². The van der Waals surface area contributed by atoms with E-state index in [9.17, 15) is 39.2 Å². The topological polar surface area (TPSA) is 54.4 Å². The second-order valence-electron chi connectivity index (χ2n) is 2.06. The summed E-state index contributed by atoms with van der Waals surface area (Å²) >= 11 is 0. The summed E-state index contributed by atoms with van der Waals surface area (Å²) in [5.74, 6) is -6.85. The number of halogens is 7. The molecule has 0 heterocycles. The molecule has 12 heteroatoms. The molecular weight excluding hydrogens is 272 g/mol. The molecule has 1 N–H and O–H groups in total. The van der Waals surface area contributed by atoms with Crippen molar-refractivity contribution in [3.8, 4) is 0 Å². The van der Waals surface area contributed by atoms with Crippen molar-refractivity contribution in [3.05, 3.63) is 0 Å². The van der Waals surface area contributed by atoms with Gasteiger partial charge in [0, 0.05) is 0 Å². The first-order valence-electron chi connectivity index (χ1n) is 2.54. The van der Waals surface area contributed by atoms with E-state index in [0.29, 0.717) is 0 Å². The maximum Gasteiger partial charge on any atom is 1.00 e. The predicted molar refractivity (Wildman–Crippen MR) is 28.6 cm³/mol. The Balaban J connectivity index is -0.000000845. The number of alkyl halides is 7. The fourth-order valence-corrected chi connectivity index (χ4v) is 0.767. The molecular formula is C3H2F7NaO3S. The molecule has 0 unspecified atom stereocenters. The van der Waals surface area contributed by atoms with Crippen LogP contribution in [-0.2, 0) is 10.1 Å². The van der Waals surface area contributed by atoms with Gasteiger partial charge in [0.2, 0.25) is 0 Å². The first kappa shape index (κ1) is 17.8. The summed E-state index contributed by atoms with van der Waals surface area (Å²) in [4.78, 5) is 0. The summed E-state index contributed by atoms with van der Waals surface area (Å²) in [7, 11) is -6.85. The van der Waals surface area contributed by atoms with Crippen LogP contribution in [0.4, 0.5) is 30.7 Å². The van der Waals surface area contributed by atoms with Crippen LogP contribution >= 0.6 is 0 Å². The average Bonchev–Trinajstić information content (AvgIpc) is 1.81. The smallest absolute Gasteiger partial charge is 1.00 e. The monoisotopic (exact) mass is 274 g/mol. The molecule has 0 aromatic heterocycles. The summed E-state index contributed by atoms with van der Waals surface area (Å²) in [5, 5.41) is -6.61. The van der Waals surface area contributed by atoms with Gasteiger partial charge in [0.1, 0.15) is 0 Å². The third kappa shape index (κ3) is 2.96. The molecule has 15 heavy (non-hydrogen) atoms. The van der Waals surface area contributed by atoms with E-state index in [1.807, 2.05) is 0 Å². The molecule has 0 atom stereocenters. The first-order chi connectivity index (χ1) is 5.75. The SMILES string of the molecule is O=S(=O)(O)C(F)(F)C(F)(F)C(F)(F)F.[H-].[Na+]. The van der Waals surface area contributed by atoms with E-state index in [2.05, 4.69) is 0 Å².